The summed E-state index contributed by atoms with van der Waals surface area (Å²) in [4.78, 5) is 13.0. The van der Waals surface area contributed by atoms with Crippen LogP contribution in [-0.2, 0) is 21.2 Å². The lowest BCUT2D eigenvalue weighted by atomic mass is 10.1. The molecule has 34 heavy (non-hydrogen) atoms. The molecule has 0 aliphatic carbocycles. The van der Waals surface area contributed by atoms with Crippen molar-refractivity contribution in [3.8, 4) is 11.5 Å². The van der Waals surface area contributed by atoms with Crippen LogP contribution in [0.4, 0.5) is 10.1 Å². The van der Waals surface area contributed by atoms with Gasteiger partial charge in [0.1, 0.15) is 17.3 Å². The zero-order valence-electron chi connectivity index (χ0n) is 18.8. The van der Waals surface area contributed by atoms with Gasteiger partial charge in [-0.05, 0) is 73.0 Å². The lowest BCUT2D eigenvalue weighted by Gasteiger charge is -2.35. The van der Waals surface area contributed by atoms with Crippen molar-refractivity contribution >= 4 is 21.6 Å². The Balaban J connectivity index is 1.55. The number of nitrogens with one attached hydrogen (secondary N) is 1. The Morgan fingerprint density at radius 2 is 1.82 bits per heavy atom. The number of carbonyl (C=O) groups excluding carboxylic acids is 1. The topological polar surface area (TPSA) is 84.9 Å². The molecule has 0 radical (unpaired) electrons. The van der Waals surface area contributed by atoms with Crippen LogP contribution in [0, 0.1) is 12.7 Å². The van der Waals surface area contributed by atoms with Crippen LogP contribution in [0.15, 0.2) is 71.6 Å². The zero-order chi connectivity index (χ0) is 24.3. The number of halogens is 1. The molecule has 9 heteroatoms. The van der Waals surface area contributed by atoms with Crippen LogP contribution in [0.5, 0.6) is 11.5 Å². The largest absolute Gasteiger partial charge is 0.497 e. The van der Waals surface area contributed by atoms with Crippen molar-refractivity contribution in [3.63, 3.8) is 0 Å². The fourth-order valence-corrected chi connectivity index (χ4v) is 5.16. The van der Waals surface area contributed by atoms with Gasteiger partial charge in [-0.3, -0.25) is 9.10 Å². The number of carbonyl (C=O) groups is 1. The van der Waals surface area contributed by atoms with Crippen LogP contribution in [0.3, 0.4) is 0 Å². The van der Waals surface area contributed by atoms with Crippen LogP contribution in [-0.4, -0.2) is 40.6 Å². The van der Waals surface area contributed by atoms with E-state index >= 15 is 0 Å². The molecule has 0 spiro atoms. The van der Waals surface area contributed by atoms with Gasteiger partial charge in [-0.2, -0.15) is 0 Å². The molecule has 1 unspecified atom stereocenters. The van der Waals surface area contributed by atoms with Crippen molar-refractivity contribution in [2.45, 2.75) is 24.3 Å². The maximum atomic E-state index is 13.5. The molecule has 4 rings (SSSR count). The van der Waals surface area contributed by atoms with Crippen LogP contribution in [0.2, 0.25) is 0 Å². The number of benzene rings is 3. The molecule has 0 bridgehead atoms. The second kappa shape index (κ2) is 9.72. The van der Waals surface area contributed by atoms with E-state index in [9.17, 15) is 17.6 Å². The Labute approximate surface area is 198 Å². The smallest absolute Gasteiger partial charge is 0.264 e. The second-order valence-corrected chi connectivity index (χ2v) is 9.82. The van der Waals surface area contributed by atoms with Crippen molar-refractivity contribution in [3.05, 3.63) is 83.7 Å². The molecule has 3 aromatic rings. The zero-order valence-corrected chi connectivity index (χ0v) is 19.6. The molecule has 3 aromatic carbocycles. The molecule has 0 saturated heterocycles. The quantitative estimate of drug-likeness (QED) is 0.555. The number of ether oxygens (including phenoxy) is 2. The molecule has 1 N–H and O–H groups in total. The number of methoxy groups -OCH3 is 1. The third-order valence-corrected chi connectivity index (χ3v) is 7.34. The first-order valence-electron chi connectivity index (χ1n) is 10.7. The van der Waals surface area contributed by atoms with Gasteiger partial charge in [0.05, 0.1) is 24.2 Å². The predicted molar refractivity (Wildman–Crippen MR) is 126 cm³/mol. The summed E-state index contributed by atoms with van der Waals surface area (Å²) in [6.07, 6.45) is -0.529. The van der Waals surface area contributed by atoms with Gasteiger partial charge in [-0.1, -0.05) is 18.2 Å². The summed E-state index contributed by atoms with van der Waals surface area (Å²) in [5.74, 6) is 0.0990. The molecule has 178 valence electrons. The molecule has 1 aliphatic rings. The van der Waals surface area contributed by atoms with Crippen molar-refractivity contribution in [2.75, 3.05) is 24.5 Å². The van der Waals surface area contributed by atoms with Gasteiger partial charge in [-0.15, -0.1) is 0 Å². The molecular weight excluding hydrogens is 459 g/mol. The number of anilines is 1. The van der Waals surface area contributed by atoms with Crippen LogP contribution >= 0.6 is 0 Å². The van der Waals surface area contributed by atoms with E-state index in [1.54, 1.807) is 42.5 Å². The number of nitrogens with zero attached hydrogens (tertiary/aromatic N) is 1. The minimum absolute atomic E-state index is 0.0816. The van der Waals surface area contributed by atoms with E-state index in [-0.39, 0.29) is 17.3 Å². The number of rotatable bonds is 7. The van der Waals surface area contributed by atoms with Gasteiger partial charge in [0.25, 0.3) is 15.9 Å². The molecule has 1 aliphatic heterocycles. The predicted octanol–water partition coefficient (Wildman–Crippen LogP) is 3.46. The number of hydrogen-bond acceptors (Lipinski definition) is 5. The third-order valence-electron chi connectivity index (χ3n) is 5.55. The Morgan fingerprint density at radius 3 is 2.50 bits per heavy atom. The van der Waals surface area contributed by atoms with Gasteiger partial charge in [0.2, 0.25) is 0 Å². The first kappa shape index (κ1) is 23.6. The Morgan fingerprint density at radius 1 is 1.12 bits per heavy atom. The standard InChI is InChI=1S/C25H25FN2O5S/c1-17-3-12-23-22(15-17)28(34(30,31)21-10-8-20(32-2)9-11-21)16-24(33-23)25(29)27-14-13-18-4-6-19(26)7-5-18/h3-12,15,24H,13-14,16H2,1-2H3,(H,27,29). The Kier molecular flexibility index (Phi) is 6.74. The van der Waals surface area contributed by atoms with Gasteiger partial charge in [0.15, 0.2) is 6.10 Å². The van der Waals surface area contributed by atoms with Crippen molar-refractivity contribution in [1.29, 1.82) is 0 Å². The van der Waals surface area contributed by atoms with Gasteiger partial charge >= 0.3 is 0 Å². The monoisotopic (exact) mass is 484 g/mol. The van der Waals surface area contributed by atoms with E-state index in [1.165, 1.54) is 35.7 Å². The van der Waals surface area contributed by atoms with Gasteiger partial charge < -0.3 is 14.8 Å². The van der Waals surface area contributed by atoms with Crippen LogP contribution in [0.25, 0.3) is 0 Å². The molecule has 0 fully saturated rings. The average molecular weight is 485 g/mol. The lowest BCUT2D eigenvalue weighted by Crippen LogP contribution is -2.51. The number of fused-ring (bicyclic) bond motifs is 1. The maximum Gasteiger partial charge on any atom is 0.264 e. The molecule has 0 saturated carbocycles. The fraction of sp³-hybridized carbons (Fsp3) is 0.240. The first-order valence-corrected chi connectivity index (χ1v) is 12.2. The summed E-state index contributed by atoms with van der Waals surface area (Å²) in [6, 6.07) is 17.3. The van der Waals surface area contributed by atoms with E-state index in [4.69, 9.17) is 9.47 Å². The Bertz CT molecular complexity index is 1280. The summed E-state index contributed by atoms with van der Waals surface area (Å²) in [6.45, 7) is 1.98. The first-order chi connectivity index (χ1) is 16.3. The number of amides is 1. The van der Waals surface area contributed by atoms with Gasteiger partial charge in [-0.25, -0.2) is 12.8 Å². The van der Waals surface area contributed by atoms with E-state index < -0.39 is 22.0 Å². The highest BCUT2D eigenvalue weighted by molar-refractivity contribution is 7.92. The highest BCUT2D eigenvalue weighted by Crippen LogP contribution is 2.38. The minimum Gasteiger partial charge on any atom is -0.497 e. The Hall–Kier alpha value is -3.59. The van der Waals surface area contributed by atoms with Crippen molar-refractivity contribution < 1.29 is 27.1 Å². The van der Waals surface area contributed by atoms with E-state index in [2.05, 4.69) is 5.32 Å². The summed E-state index contributed by atoms with van der Waals surface area (Å²) in [7, 11) is -2.47. The summed E-state index contributed by atoms with van der Waals surface area (Å²) in [5, 5.41) is 2.79. The summed E-state index contributed by atoms with van der Waals surface area (Å²) >= 11 is 0. The summed E-state index contributed by atoms with van der Waals surface area (Å²) in [5.41, 5.74) is 2.11. The maximum absolute atomic E-state index is 13.5. The molecular formula is C25H25FN2O5S. The van der Waals surface area contributed by atoms with Crippen molar-refractivity contribution in [2.24, 2.45) is 0 Å². The van der Waals surface area contributed by atoms with Crippen LogP contribution < -0.4 is 19.1 Å². The normalized spacial score (nSPS) is 15.3. The SMILES string of the molecule is COc1ccc(S(=O)(=O)N2CC(C(=O)NCCc3ccc(F)cc3)Oc3ccc(C)cc32)cc1. The van der Waals surface area contributed by atoms with Crippen molar-refractivity contribution in [1.82, 2.24) is 5.32 Å². The highest BCUT2D eigenvalue weighted by atomic mass is 32.2. The van der Waals surface area contributed by atoms with E-state index in [0.29, 0.717) is 30.2 Å². The second-order valence-electron chi connectivity index (χ2n) is 7.96. The number of hydrogen-bond donors (Lipinski definition) is 1. The van der Waals surface area contributed by atoms with E-state index in [1.807, 2.05) is 6.92 Å². The van der Waals surface area contributed by atoms with E-state index in [0.717, 1.165) is 11.1 Å². The number of aryl methyl sites for hydroxylation is 1. The molecule has 1 atom stereocenters. The fourth-order valence-electron chi connectivity index (χ4n) is 3.70. The highest BCUT2D eigenvalue weighted by Gasteiger charge is 2.37. The number of sulfonamides is 1. The molecule has 0 aromatic heterocycles. The average Bonchev–Trinajstić information content (AvgIpc) is 2.84. The molecule has 7 nitrogen and oxygen atoms in total. The van der Waals surface area contributed by atoms with Crippen LogP contribution in [0.1, 0.15) is 11.1 Å². The van der Waals surface area contributed by atoms with Gasteiger partial charge in [0, 0.05) is 6.54 Å². The third kappa shape index (κ3) is 4.99. The lowest BCUT2D eigenvalue weighted by molar-refractivity contribution is -0.127. The molecule has 1 heterocycles. The molecule has 1 amide bonds. The minimum atomic E-state index is -3.97. The summed E-state index contributed by atoms with van der Waals surface area (Å²) < 4.78 is 52.3.